The number of amidine groups is 1. The van der Waals surface area contributed by atoms with Gasteiger partial charge in [-0.2, -0.15) is 0 Å². The number of rotatable bonds is 5. The van der Waals surface area contributed by atoms with Gasteiger partial charge in [-0.05, 0) is 6.92 Å². The third-order valence-electron chi connectivity index (χ3n) is 2.16. The fourth-order valence-corrected chi connectivity index (χ4v) is 1.03. The first-order valence-corrected chi connectivity index (χ1v) is 4.82. The van der Waals surface area contributed by atoms with Crippen LogP contribution in [-0.4, -0.2) is 48.5 Å². The molecule has 0 aliphatic rings. The van der Waals surface area contributed by atoms with Gasteiger partial charge in [-0.15, -0.1) is 0 Å². The highest BCUT2D eigenvalue weighted by Crippen LogP contribution is 1.95. The summed E-state index contributed by atoms with van der Waals surface area (Å²) in [5.74, 6) is 0.0566. The molecule has 0 heterocycles. The molecule has 6 heteroatoms. The van der Waals surface area contributed by atoms with Crippen molar-refractivity contribution in [2.75, 3.05) is 20.6 Å². The predicted molar refractivity (Wildman–Crippen MR) is 58.7 cm³/mol. The molecule has 0 aromatic rings. The van der Waals surface area contributed by atoms with Crippen molar-refractivity contribution in [2.24, 2.45) is 16.8 Å². The van der Waals surface area contributed by atoms with Crippen LogP contribution in [0.2, 0.25) is 0 Å². The summed E-state index contributed by atoms with van der Waals surface area (Å²) in [4.78, 5) is 13.0. The molecule has 0 rings (SSSR count). The molecule has 15 heavy (non-hydrogen) atoms. The lowest BCUT2D eigenvalue weighted by molar-refractivity contribution is -0.130. The van der Waals surface area contributed by atoms with Crippen LogP contribution in [-0.2, 0) is 4.79 Å². The molecule has 0 radical (unpaired) electrons. The maximum Gasteiger partial charge on any atom is 0.238 e. The summed E-state index contributed by atoms with van der Waals surface area (Å²) in [5.41, 5.74) is 5.40. The Morgan fingerprint density at radius 2 is 2.07 bits per heavy atom. The van der Waals surface area contributed by atoms with Crippen molar-refractivity contribution >= 4 is 11.7 Å². The zero-order valence-corrected chi connectivity index (χ0v) is 9.69. The minimum atomic E-state index is -0.269. The number of nitrogens with one attached hydrogen (secondary N) is 1. The van der Waals surface area contributed by atoms with Gasteiger partial charge in [0.1, 0.15) is 5.84 Å². The first kappa shape index (κ1) is 13.7. The first-order chi connectivity index (χ1) is 6.90. The molecule has 0 aliphatic carbocycles. The van der Waals surface area contributed by atoms with E-state index in [0.717, 1.165) is 0 Å². The Labute approximate surface area is 90.1 Å². The van der Waals surface area contributed by atoms with Gasteiger partial charge in [0.25, 0.3) is 0 Å². The van der Waals surface area contributed by atoms with Crippen LogP contribution in [0.5, 0.6) is 0 Å². The molecular formula is C9H20N4O2. The Morgan fingerprint density at radius 3 is 2.47 bits per heavy atom. The van der Waals surface area contributed by atoms with Crippen LogP contribution in [0.1, 0.15) is 13.8 Å². The summed E-state index contributed by atoms with van der Waals surface area (Å²) < 4.78 is 0. The summed E-state index contributed by atoms with van der Waals surface area (Å²) in [6.45, 7) is 4.09. The minimum absolute atomic E-state index is 0.00158. The second-order valence-electron chi connectivity index (χ2n) is 3.79. The molecule has 0 aromatic carbocycles. The molecule has 0 aliphatic heterocycles. The molecule has 0 spiro atoms. The van der Waals surface area contributed by atoms with Crippen molar-refractivity contribution in [2.45, 2.75) is 19.9 Å². The van der Waals surface area contributed by atoms with E-state index in [-0.39, 0.29) is 23.7 Å². The van der Waals surface area contributed by atoms with Crippen molar-refractivity contribution in [3.8, 4) is 0 Å². The fourth-order valence-electron chi connectivity index (χ4n) is 1.03. The summed E-state index contributed by atoms with van der Waals surface area (Å²) in [6, 6.07) is -0.269. The van der Waals surface area contributed by atoms with Crippen LogP contribution in [0, 0.1) is 5.92 Å². The molecule has 4 N–H and O–H groups in total. The average Bonchev–Trinajstić information content (AvgIpc) is 2.22. The van der Waals surface area contributed by atoms with Crippen molar-refractivity contribution in [1.82, 2.24) is 10.2 Å². The van der Waals surface area contributed by atoms with Gasteiger partial charge in [-0.3, -0.25) is 4.79 Å². The van der Waals surface area contributed by atoms with E-state index in [1.165, 1.54) is 4.90 Å². The molecule has 0 aromatic heterocycles. The molecule has 0 fully saturated rings. The highest BCUT2D eigenvalue weighted by atomic mass is 16.4. The number of oxime groups is 1. The van der Waals surface area contributed by atoms with Gasteiger partial charge in [-0.1, -0.05) is 12.1 Å². The van der Waals surface area contributed by atoms with Gasteiger partial charge in [-0.25, -0.2) is 0 Å². The lowest BCUT2D eigenvalue weighted by Gasteiger charge is -2.19. The average molecular weight is 216 g/mol. The standard InChI is InChI=1S/C9H20N4O2/c1-6(8(10)12-15)5-11-7(2)9(14)13(3)4/h6-7,11,15H,5H2,1-4H3,(H2,10,12). The van der Waals surface area contributed by atoms with E-state index in [0.29, 0.717) is 6.54 Å². The molecule has 88 valence electrons. The number of carbonyl (C=O) groups excluding carboxylic acids is 1. The van der Waals surface area contributed by atoms with Gasteiger partial charge in [0.05, 0.1) is 6.04 Å². The second-order valence-corrected chi connectivity index (χ2v) is 3.79. The molecule has 0 saturated heterocycles. The number of carbonyl (C=O) groups is 1. The molecule has 6 nitrogen and oxygen atoms in total. The number of nitrogens with two attached hydrogens (primary N) is 1. The Hall–Kier alpha value is -1.30. The Kier molecular flexibility index (Phi) is 5.69. The Balaban J connectivity index is 4.01. The quantitative estimate of drug-likeness (QED) is 0.248. The SMILES string of the molecule is CC(CNC(C)C(=O)N(C)C)C(N)=NO. The summed E-state index contributed by atoms with van der Waals surface area (Å²) in [6.07, 6.45) is 0. The minimum Gasteiger partial charge on any atom is -0.409 e. The Bertz CT molecular complexity index is 240. The highest BCUT2D eigenvalue weighted by Gasteiger charge is 2.16. The molecule has 2 unspecified atom stereocenters. The molecule has 1 amide bonds. The number of nitrogens with zero attached hydrogens (tertiary/aromatic N) is 2. The van der Waals surface area contributed by atoms with E-state index < -0.39 is 0 Å². The van der Waals surface area contributed by atoms with Crippen molar-refractivity contribution in [3.05, 3.63) is 0 Å². The topological polar surface area (TPSA) is 91.0 Å². The molecule has 0 saturated carbocycles. The number of likely N-dealkylation sites (N-methyl/N-ethyl adjacent to an activating group) is 1. The van der Waals surface area contributed by atoms with Crippen LogP contribution in [0.25, 0.3) is 0 Å². The lowest BCUT2D eigenvalue weighted by atomic mass is 10.1. The van der Waals surface area contributed by atoms with Crippen LogP contribution in [0.15, 0.2) is 5.16 Å². The normalized spacial score (nSPS) is 15.9. The van der Waals surface area contributed by atoms with Gasteiger partial charge in [0.15, 0.2) is 0 Å². The highest BCUT2D eigenvalue weighted by molar-refractivity contribution is 5.83. The van der Waals surface area contributed by atoms with E-state index in [2.05, 4.69) is 10.5 Å². The van der Waals surface area contributed by atoms with Crippen molar-refractivity contribution < 1.29 is 10.0 Å². The fraction of sp³-hybridized carbons (Fsp3) is 0.778. The van der Waals surface area contributed by atoms with Gasteiger partial charge < -0.3 is 21.2 Å². The van der Waals surface area contributed by atoms with Gasteiger partial charge in [0, 0.05) is 26.6 Å². The second kappa shape index (κ2) is 6.23. The van der Waals surface area contributed by atoms with Crippen molar-refractivity contribution in [3.63, 3.8) is 0 Å². The molecule has 0 bridgehead atoms. The summed E-state index contributed by atoms with van der Waals surface area (Å²) in [5, 5.41) is 14.3. The predicted octanol–water partition coefficient (Wildman–Crippen LogP) is -0.565. The van der Waals surface area contributed by atoms with Crippen LogP contribution >= 0.6 is 0 Å². The van der Waals surface area contributed by atoms with E-state index in [9.17, 15) is 4.79 Å². The molecular weight excluding hydrogens is 196 g/mol. The maximum atomic E-state index is 11.4. The van der Waals surface area contributed by atoms with Crippen LogP contribution in [0.4, 0.5) is 0 Å². The maximum absolute atomic E-state index is 11.4. The summed E-state index contributed by atoms with van der Waals surface area (Å²) in [7, 11) is 3.40. The van der Waals surface area contributed by atoms with Crippen molar-refractivity contribution in [1.29, 1.82) is 0 Å². The van der Waals surface area contributed by atoms with E-state index >= 15 is 0 Å². The van der Waals surface area contributed by atoms with Crippen LogP contribution in [0.3, 0.4) is 0 Å². The number of hydrogen-bond acceptors (Lipinski definition) is 4. The van der Waals surface area contributed by atoms with E-state index in [4.69, 9.17) is 10.9 Å². The van der Waals surface area contributed by atoms with E-state index in [1.807, 2.05) is 6.92 Å². The lowest BCUT2D eigenvalue weighted by Crippen LogP contribution is -2.44. The monoisotopic (exact) mass is 216 g/mol. The number of hydrogen-bond donors (Lipinski definition) is 3. The Morgan fingerprint density at radius 1 is 1.53 bits per heavy atom. The third kappa shape index (κ3) is 4.64. The molecule has 2 atom stereocenters. The third-order valence-corrected chi connectivity index (χ3v) is 2.16. The van der Waals surface area contributed by atoms with Gasteiger partial charge >= 0.3 is 0 Å². The summed E-state index contributed by atoms with van der Waals surface area (Å²) >= 11 is 0. The smallest absolute Gasteiger partial charge is 0.238 e. The zero-order valence-electron chi connectivity index (χ0n) is 9.69. The van der Waals surface area contributed by atoms with Crippen LogP contribution < -0.4 is 11.1 Å². The largest absolute Gasteiger partial charge is 0.409 e. The van der Waals surface area contributed by atoms with E-state index in [1.54, 1.807) is 21.0 Å². The van der Waals surface area contributed by atoms with Gasteiger partial charge in [0.2, 0.25) is 5.91 Å². The first-order valence-electron chi connectivity index (χ1n) is 4.82. The zero-order chi connectivity index (χ0) is 12.0. The number of amides is 1.